The van der Waals surface area contributed by atoms with Gasteiger partial charge in [0.1, 0.15) is 11.3 Å². The van der Waals surface area contributed by atoms with E-state index in [0.29, 0.717) is 16.3 Å². The van der Waals surface area contributed by atoms with Crippen LogP contribution in [0.1, 0.15) is 10.4 Å². The molecule has 2 nitrogen and oxygen atoms in total. The Morgan fingerprint density at radius 1 is 1.06 bits per heavy atom. The van der Waals surface area contributed by atoms with Gasteiger partial charge in [-0.1, -0.05) is 29.8 Å². The molecule has 1 heterocycles. The van der Waals surface area contributed by atoms with Crippen molar-refractivity contribution in [3.05, 3.63) is 59.1 Å². The lowest BCUT2D eigenvalue weighted by Crippen LogP contribution is -1.85. The molecule has 0 saturated heterocycles. The zero-order chi connectivity index (χ0) is 12.5. The van der Waals surface area contributed by atoms with E-state index in [1.807, 2.05) is 30.3 Å². The second kappa shape index (κ2) is 4.31. The van der Waals surface area contributed by atoms with E-state index in [-0.39, 0.29) is 0 Å². The fraction of sp³-hybridized carbons (Fsp3) is 0. The summed E-state index contributed by atoms with van der Waals surface area (Å²) in [6, 6.07) is 14.8. The number of fused-ring (bicyclic) bond motifs is 1. The molecular weight excluding hydrogens is 248 g/mol. The van der Waals surface area contributed by atoms with Gasteiger partial charge in [0.05, 0.1) is 0 Å². The SMILES string of the molecule is O=Cc1cc(Cl)ccc1-c1cc2ccccc2o1. The maximum absolute atomic E-state index is 11.1. The topological polar surface area (TPSA) is 30.2 Å². The minimum Gasteiger partial charge on any atom is -0.456 e. The van der Waals surface area contributed by atoms with Crippen LogP contribution < -0.4 is 0 Å². The molecule has 0 unspecified atom stereocenters. The van der Waals surface area contributed by atoms with E-state index in [9.17, 15) is 4.79 Å². The van der Waals surface area contributed by atoms with Crippen molar-refractivity contribution in [3.8, 4) is 11.3 Å². The molecule has 3 aromatic rings. The molecule has 0 fully saturated rings. The molecule has 0 aliphatic rings. The van der Waals surface area contributed by atoms with Crippen LogP contribution in [0.15, 0.2) is 52.9 Å². The van der Waals surface area contributed by atoms with E-state index in [4.69, 9.17) is 16.0 Å². The van der Waals surface area contributed by atoms with Crippen molar-refractivity contribution in [2.24, 2.45) is 0 Å². The molecule has 88 valence electrons. The van der Waals surface area contributed by atoms with Crippen molar-refractivity contribution in [1.82, 2.24) is 0 Å². The predicted octanol–water partition coefficient (Wildman–Crippen LogP) is 4.57. The van der Waals surface area contributed by atoms with Crippen LogP contribution in [0.4, 0.5) is 0 Å². The third kappa shape index (κ3) is 1.81. The Bertz CT molecular complexity index is 695. The molecule has 0 aliphatic carbocycles. The Hall–Kier alpha value is -2.06. The first-order valence-electron chi connectivity index (χ1n) is 5.51. The van der Waals surface area contributed by atoms with Gasteiger partial charge in [0.15, 0.2) is 6.29 Å². The number of carbonyl (C=O) groups is 1. The van der Waals surface area contributed by atoms with Gasteiger partial charge in [0, 0.05) is 21.5 Å². The highest BCUT2D eigenvalue weighted by molar-refractivity contribution is 6.31. The summed E-state index contributed by atoms with van der Waals surface area (Å²) >= 11 is 5.87. The number of benzene rings is 2. The first-order chi connectivity index (χ1) is 8.78. The third-order valence-electron chi connectivity index (χ3n) is 2.83. The number of hydrogen-bond acceptors (Lipinski definition) is 2. The molecule has 0 N–H and O–H groups in total. The summed E-state index contributed by atoms with van der Waals surface area (Å²) in [5.74, 6) is 0.676. The molecule has 2 aromatic carbocycles. The summed E-state index contributed by atoms with van der Waals surface area (Å²) in [5.41, 5.74) is 2.09. The lowest BCUT2D eigenvalue weighted by molar-refractivity contribution is 0.112. The first kappa shape index (κ1) is 11.1. The average Bonchev–Trinajstić information content (AvgIpc) is 2.82. The predicted molar refractivity (Wildman–Crippen MR) is 72.0 cm³/mol. The van der Waals surface area contributed by atoms with Crippen LogP contribution >= 0.6 is 11.6 Å². The Balaban J connectivity index is 2.22. The number of furan rings is 1. The van der Waals surface area contributed by atoms with Gasteiger partial charge in [-0.05, 0) is 30.3 Å². The zero-order valence-corrected chi connectivity index (χ0v) is 10.1. The normalized spacial score (nSPS) is 10.7. The molecule has 0 bridgehead atoms. The zero-order valence-electron chi connectivity index (χ0n) is 9.39. The maximum atomic E-state index is 11.1. The van der Waals surface area contributed by atoms with E-state index in [0.717, 1.165) is 22.8 Å². The summed E-state index contributed by atoms with van der Waals surface area (Å²) in [6.07, 6.45) is 0.786. The number of para-hydroxylation sites is 1. The number of aldehydes is 1. The molecular formula is C15H9ClO2. The highest BCUT2D eigenvalue weighted by Gasteiger charge is 2.10. The molecule has 3 rings (SSSR count). The average molecular weight is 257 g/mol. The molecule has 0 saturated carbocycles. The van der Waals surface area contributed by atoms with Crippen LogP contribution in [0.3, 0.4) is 0 Å². The Morgan fingerprint density at radius 3 is 2.67 bits per heavy atom. The van der Waals surface area contributed by atoms with Crippen molar-refractivity contribution in [3.63, 3.8) is 0 Å². The van der Waals surface area contributed by atoms with E-state index in [2.05, 4.69) is 0 Å². The monoisotopic (exact) mass is 256 g/mol. The number of hydrogen-bond donors (Lipinski definition) is 0. The fourth-order valence-electron chi connectivity index (χ4n) is 1.97. The summed E-state index contributed by atoms with van der Waals surface area (Å²) in [6.45, 7) is 0. The van der Waals surface area contributed by atoms with Crippen molar-refractivity contribution < 1.29 is 9.21 Å². The van der Waals surface area contributed by atoms with Gasteiger partial charge in [-0.25, -0.2) is 0 Å². The van der Waals surface area contributed by atoms with Gasteiger partial charge in [-0.2, -0.15) is 0 Å². The van der Waals surface area contributed by atoms with Gasteiger partial charge in [-0.3, -0.25) is 4.79 Å². The van der Waals surface area contributed by atoms with Gasteiger partial charge in [-0.15, -0.1) is 0 Å². The lowest BCUT2D eigenvalue weighted by atomic mass is 10.1. The van der Waals surface area contributed by atoms with Gasteiger partial charge >= 0.3 is 0 Å². The number of carbonyl (C=O) groups excluding carboxylic acids is 1. The molecule has 0 amide bonds. The van der Waals surface area contributed by atoms with Crippen LogP contribution in [0.25, 0.3) is 22.3 Å². The third-order valence-corrected chi connectivity index (χ3v) is 3.07. The molecule has 0 atom stereocenters. The first-order valence-corrected chi connectivity index (χ1v) is 5.89. The number of halogens is 1. The van der Waals surface area contributed by atoms with Gasteiger partial charge in [0.2, 0.25) is 0 Å². The Labute approximate surface area is 109 Å². The minimum absolute atomic E-state index is 0.529. The van der Waals surface area contributed by atoms with Gasteiger partial charge in [0.25, 0.3) is 0 Å². The van der Waals surface area contributed by atoms with Crippen LogP contribution in [0.5, 0.6) is 0 Å². The molecule has 0 radical (unpaired) electrons. The quantitative estimate of drug-likeness (QED) is 0.629. The van der Waals surface area contributed by atoms with Crippen molar-refractivity contribution >= 4 is 28.9 Å². The van der Waals surface area contributed by atoms with Crippen molar-refractivity contribution in [2.75, 3.05) is 0 Å². The van der Waals surface area contributed by atoms with Crippen molar-refractivity contribution in [1.29, 1.82) is 0 Å². The van der Waals surface area contributed by atoms with Gasteiger partial charge < -0.3 is 4.42 Å². The summed E-state index contributed by atoms with van der Waals surface area (Å²) in [7, 11) is 0. The minimum atomic E-state index is 0.529. The molecule has 0 spiro atoms. The standard InChI is InChI=1S/C15H9ClO2/c16-12-5-6-13(11(7-12)9-17)15-8-10-3-1-2-4-14(10)18-15/h1-9H. The molecule has 1 aromatic heterocycles. The molecule has 3 heteroatoms. The van der Waals surface area contributed by atoms with Crippen LogP contribution in [0.2, 0.25) is 5.02 Å². The lowest BCUT2D eigenvalue weighted by Gasteiger charge is -2.01. The van der Waals surface area contributed by atoms with Crippen LogP contribution in [-0.4, -0.2) is 6.29 Å². The van der Waals surface area contributed by atoms with E-state index in [1.165, 1.54) is 0 Å². The fourth-order valence-corrected chi connectivity index (χ4v) is 2.15. The summed E-state index contributed by atoms with van der Waals surface area (Å²) < 4.78 is 5.73. The highest BCUT2D eigenvalue weighted by Crippen LogP contribution is 2.30. The summed E-state index contributed by atoms with van der Waals surface area (Å²) in [5, 5.41) is 1.55. The largest absolute Gasteiger partial charge is 0.456 e. The second-order valence-corrected chi connectivity index (χ2v) is 4.43. The number of rotatable bonds is 2. The van der Waals surface area contributed by atoms with E-state index in [1.54, 1.807) is 18.2 Å². The van der Waals surface area contributed by atoms with Crippen molar-refractivity contribution in [2.45, 2.75) is 0 Å². The molecule has 18 heavy (non-hydrogen) atoms. The Kier molecular flexibility index (Phi) is 2.65. The maximum Gasteiger partial charge on any atom is 0.150 e. The van der Waals surface area contributed by atoms with E-state index >= 15 is 0 Å². The highest BCUT2D eigenvalue weighted by atomic mass is 35.5. The van der Waals surface area contributed by atoms with Crippen LogP contribution in [-0.2, 0) is 0 Å². The Morgan fingerprint density at radius 2 is 1.89 bits per heavy atom. The van der Waals surface area contributed by atoms with Crippen LogP contribution in [0, 0.1) is 0 Å². The second-order valence-electron chi connectivity index (χ2n) is 4.00. The smallest absolute Gasteiger partial charge is 0.150 e. The summed E-state index contributed by atoms with van der Waals surface area (Å²) in [4.78, 5) is 11.1. The molecule has 0 aliphatic heterocycles. The van der Waals surface area contributed by atoms with E-state index < -0.39 is 0 Å².